The minimum Gasteiger partial charge on any atom is -0.488 e. The van der Waals surface area contributed by atoms with E-state index in [9.17, 15) is 4.79 Å². The Bertz CT molecular complexity index is 1040. The Kier molecular flexibility index (Phi) is 7.24. The number of carbonyl (C=O) groups excluding carboxylic acids is 1. The van der Waals surface area contributed by atoms with Gasteiger partial charge in [0.15, 0.2) is 0 Å². The van der Waals surface area contributed by atoms with Gasteiger partial charge in [-0.25, -0.2) is 5.43 Å². The third kappa shape index (κ3) is 6.05. The van der Waals surface area contributed by atoms with Gasteiger partial charge in [-0.15, -0.1) is 0 Å². The predicted molar refractivity (Wildman–Crippen MR) is 127 cm³/mol. The topological polar surface area (TPSA) is 50.7 Å². The number of rotatable bonds is 7. The molecular formula is C27H30N2O2. The lowest BCUT2D eigenvalue weighted by molar-refractivity contribution is 0.0955. The number of aryl methyl sites for hydroxylation is 3. The number of nitrogens with zero attached hydrogens (tertiary/aromatic N) is 1. The summed E-state index contributed by atoms with van der Waals surface area (Å²) in [7, 11) is 0. The summed E-state index contributed by atoms with van der Waals surface area (Å²) in [4.78, 5) is 12.2. The highest BCUT2D eigenvalue weighted by molar-refractivity contribution is 5.94. The Morgan fingerprint density at radius 1 is 0.968 bits per heavy atom. The SMILES string of the molecule is Cc1ccc(C(=O)N/N=C\c2cc(C)c(OCc3ccc(C(C)C)cc3)c(C)c2)cc1. The van der Waals surface area contributed by atoms with Crippen molar-refractivity contribution in [1.82, 2.24) is 5.43 Å². The second kappa shape index (κ2) is 10.1. The van der Waals surface area contributed by atoms with E-state index >= 15 is 0 Å². The minimum atomic E-state index is -0.229. The van der Waals surface area contributed by atoms with E-state index in [2.05, 4.69) is 48.6 Å². The van der Waals surface area contributed by atoms with Gasteiger partial charge in [0.25, 0.3) is 5.91 Å². The van der Waals surface area contributed by atoms with Crippen molar-refractivity contribution in [2.45, 2.75) is 47.1 Å². The van der Waals surface area contributed by atoms with Gasteiger partial charge in [0, 0.05) is 5.56 Å². The number of benzene rings is 3. The summed E-state index contributed by atoms with van der Waals surface area (Å²) in [6.07, 6.45) is 1.65. The van der Waals surface area contributed by atoms with Gasteiger partial charge < -0.3 is 4.74 Å². The van der Waals surface area contributed by atoms with Crippen molar-refractivity contribution in [3.05, 3.63) is 99.6 Å². The summed E-state index contributed by atoms with van der Waals surface area (Å²) in [5.41, 5.74) is 9.72. The van der Waals surface area contributed by atoms with Gasteiger partial charge in [0.1, 0.15) is 12.4 Å². The first kappa shape index (κ1) is 22.3. The highest BCUT2D eigenvalue weighted by atomic mass is 16.5. The van der Waals surface area contributed by atoms with Crippen LogP contribution in [0.1, 0.15) is 63.5 Å². The maximum atomic E-state index is 12.2. The van der Waals surface area contributed by atoms with Crippen LogP contribution in [-0.4, -0.2) is 12.1 Å². The summed E-state index contributed by atoms with van der Waals surface area (Å²) in [6, 6.07) is 20.0. The molecule has 0 radical (unpaired) electrons. The quantitative estimate of drug-likeness (QED) is 0.376. The zero-order chi connectivity index (χ0) is 22.4. The van der Waals surface area contributed by atoms with Gasteiger partial charge in [-0.05, 0) is 78.8 Å². The molecule has 31 heavy (non-hydrogen) atoms. The van der Waals surface area contributed by atoms with E-state index in [-0.39, 0.29) is 5.91 Å². The van der Waals surface area contributed by atoms with Gasteiger partial charge >= 0.3 is 0 Å². The Labute approximate surface area is 185 Å². The number of nitrogens with one attached hydrogen (secondary N) is 1. The first-order valence-corrected chi connectivity index (χ1v) is 10.6. The molecule has 3 aromatic rings. The largest absolute Gasteiger partial charge is 0.488 e. The summed E-state index contributed by atoms with van der Waals surface area (Å²) in [5.74, 6) is 1.18. The zero-order valence-corrected chi connectivity index (χ0v) is 18.9. The van der Waals surface area contributed by atoms with Crippen molar-refractivity contribution in [2.24, 2.45) is 5.10 Å². The lowest BCUT2D eigenvalue weighted by atomic mass is 10.0. The average Bonchev–Trinajstić information content (AvgIpc) is 2.74. The summed E-state index contributed by atoms with van der Waals surface area (Å²) < 4.78 is 6.10. The fraction of sp³-hybridized carbons (Fsp3) is 0.259. The van der Waals surface area contributed by atoms with E-state index in [0.717, 1.165) is 33.6 Å². The fourth-order valence-electron chi connectivity index (χ4n) is 3.38. The molecule has 3 rings (SSSR count). The molecule has 4 heteroatoms. The van der Waals surface area contributed by atoms with Crippen molar-refractivity contribution < 1.29 is 9.53 Å². The van der Waals surface area contributed by atoms with Crippen LogP contribution in [0.2, 0.25) is 0 Å². The number of hydrogen-bond donors (Lipinski definition) is 1. The lowest BCUT2D eigenvalue weighted by Gasteiger charge is -2.14. The van der Waals surface area contributed by atoms with E-state index in [4.69, 9.17) is 4.74 Å². The first-order chi connectivity index (χ1) is 14.8. The number of hydrogen-bond acceptors (Lipinski definition) is 3. The smallest absolute Gasteiger partial charge is 0.271 e. The average molecular weight is 415 g/mol. The van der Waals surface area contributed by atoms with Gasteiger partial charge in [0.05, 0.1) is 6.21 Å². The predicted octanol–water partition coefficient (Wildman–Crippen LogP) is 6.08. The molecule has 0 bridgehead atoms. The molecule has 0 aliphatic rings. The molecule has 0 saturated heterocycles. The van der Waals surface area contributed by atoms with Crippen LogP contribution in [-0.2, 0) is 6.61 Å². The van der Waals surface area contributed by atoms with Crippen LogP contribution < -0.4 is 10.2 Å². The van der Waals surface area contributed by atoms with Crippen LogP contribution in [0.5, 0.6) is 5.75 Å². The monoisotopic (exact) mass is 414 g/mol. The van der Waals surface area contributed by atoms with E-state index in [1.807, 2.05) is 45.0 Å². The van der Waals surface area contributed by atoms with E-state index in [0.29, 0.717) is 18.1 Å². The fourth-order valence-corrected chi connectivity index (χ4v) is 3.38. The normalized spacial score (nSPS) is 11.2. The molecule has 0 aliphatic heterocycles. The first-order valence-electron chi connectivity index (χ1n) is 10.6. The second-order valence-electron chi connectivity index (χ2n) is 8.23. The zero-order valence-electron chi connectivity index (χ0n) is 18.9. The maximum Gasteiger partial charge on any atom is 0.271 e. The van der Waals surface area contributed by atoms with Crippen LogP contribution >= 0.6 is 0 Å². The van der Waals surface area contributed by atoms with Crippen LogP contribution in [0.25, 0.3) is 0 Å². The molecule has 4 nitrogen and oxygen atoms in total. The number of ether oxygens (including phenoxy) is 1. The van der Waals surface area contributed by atoms with Gasteiger partial charge in [0.2, 0.25) is 0 Å². The Balaban J connectivity index is 1.62. The van der Waals surface area contributed by atoms with Gasteiger partial charge in [-0.1, -0.05) is 55.8 Å². The van der Waals surface area contributed by atoms with Crippen LogP contribution in [0.4, 0.5) is 0 Å². The maximum absolute atomic E-state index is 12.2. The Hall–Kier alpha value is -3.40. The van der Waals surface area contributed by atoms with E-state index in [1.54, 1.807) is 18.3 Å². The molecule has 0 saturated carbocycles. The highest BCUT2D eigenvalue weighted by Crippen LogP contribution is 2.25. The third-order valence-corrected chi connectivity index (χ3v) is 5.21. The van der Waals surface area contributed by atoms with Crippen molar-refractivity contribution in [2.75, 3.05) is 0 Å². The number of hydrazone groups is 1. The van der Waals surface area contributed by atoms with Crippen molar-refractivity contribution in [3.63, 3.8) is 0 Å². The summed E-state index contributed by atoms with van der Waals surface area (Å²) >= 11 is 0. The van der Waals surface area contributed by atoms with E-state index < -0.39 is 0 Å². The molecular weight excluding hydrogens is 384 g/mol. The van der Waals surface area contributed by atoms with E-state index in [1.165, 1.54) is 5.56 Å². The molecule has 0 atom stereocenters. The molecule has 0 fully saturated rings. The standard InChI is InChI=1S/C27H30N2O2/c1-18(2)24-12-8-22(9-13-24)17-31-26-20(4)14-23(15-21(26)5)16-28-29-27(30)25-10-6-19(3)7-11-25/h6-16,18H,17H2,1-5H3,(H,29,30)/b28-16-. The van der Waals surface area contributed by atoms with Crippen LogP contribution in [0, 0.1) is 20.8 Å². The number of amides is 1. The van der Waals surface area contributed by atoms with Crippen LogP contribution in [0.3, 0.4) is 0 Å². The number of carbonyl (C=O) groups is 1. The molecule has 0 aromatic heterocycles. The van der Waals surface area contributed by atoms with Gasteiger partial charge in [-0.2, -0.15) is 5.10 Å². The lowest BCUT2D eigenvalue weighted by Crippen LogP contribution is -2.17. The van der Waals surface area contributed by atoms with Crippen LogP contribution in [0.15, 0.2) is 65.8 Å². The van der Waals surface area contributed by atoms with Gasteiger partial charge in [-0.3, -0.25) is 4.79 Å². The molecule has 0 spiro atoms. The molecule has 0 heterocycles. The molecule has 1 N–H and O–H groups in total. The second-order valence-corrected chi connectivity index (χ2v) is 8.23. The molecule has 160 valence electrons. The molecule has 1 amide bonds. The summed E-state index contributed by atoms with van der Waals surface area (Å²) in [5, 5.41) is 4.10. The van der Waals surface area contributed by atoms with Crippen molar-refractivity contribution in [1.29, 1.82) is 0 Å². The van der Waals surface area contributed by atoms with Crippen molar-refractivity contribution >= 4 is 12.1 Å². The highest BCUT2D eigenvalue weighted by Gasteiger charge is 2.08. The third-order valence-electron chi connectivity index (χ3n) is 5.21. The van der Waals surface area contributed by atoms with Crippen molar-refractivity contribution in [3.8, 4) is 5.75 Å². The summed E-state index contributed by atoms with van der Waals surface area (Å²) in [6.45, 7) is 10.9. The molecule has 3 aromatic carbocycles. The Morgan fingerprint density at radius 3 is 2.16 bits per heavy atom. The molecule has 0 unspecified atom stereocenters. The minimum absolute atomic E-state index is 0.229. The molecule has 0 aliphatic carbocycles. The Morgan fingerprint density at radius 2 is 1.58 bits per heavy atom.